The number of rotatable bonds is 35. The van der Waals surface area contributed by atoms with Crippen LogP contribution in [0.5, 0.6) is 0 Å². The molecule has 0 bridgehead atoms. The van der Waals surface area contributed by atoms with Crippen LogP contribution in [-0.4, -0.2) is 231 Å². The topological polar surface area (TPSA) is 497 Å². The van der Waals surface area contributed by atoms with Crippen molar-refractivity contribution in [2.24, 2.45) is 62.3 Å². The Balaban J connectivity index is 1.53. The van der Waals surface area contributed by atoms with Gasteiger partial charge in [0.15, 0.2) is 11.9 Å². The number of carbonyl (C=O) groups is 12. The average Bonchev–Trinajstić information content (AvgIpc) is 1.73. The number of nitrogens with two attached hydrogens (primary N) is 5. The molecule has 4 heterocycles. The molecule has 0 aromatic rings. The molecule has 32 nitrogen and oxygen atoms in total. The molecule has 4 fully saturated rings. The quantitative estimate of drug-likeness (QED) is 0.0168. The summed E-state index contributed by atoms with van der Waals surface area (Å²) >= 11 is 0. The zero-order chi connectivity index (χ0) is 69.6. The second kappa shape index (κ2) is 37.1. The van der Waals surface area contributed by atoms with E-state index in [9.17, 15) is 67.7 Å². The number of aliphatic hydroxyl groups is 1. The standard InChI is InChI=1S/C61H106N18O14/c1-32(2)28-39(72-51(84)42(31-80)75-54(87)47(62)35(7)8)50(83)69-36(9)48(81)70-37(16-10-22-67-60(63)64)49(82)71-38(17-11-23-68-61(65)66)55(88)76-24-12-18-43(76)52(85)73-40(29-33(3)4)56(89)78-26-14-20-45(78)58(91)77-25-13-19-44(77)53(86)74-41(30-34(5)6)57(90)79-27-15-21-46(79)59(92)93/h32-47,80H,10-31,62H2,1-9H3,(H,69,83)(H,70,81)(H,71,82)(H,72,84)(H,73,85)(H,74,86)(H,75,87)(H,92,93)(H4,63,64,67)(H4,65,66,68)/t36-,37-,38-,39-,40-,41-,42-,43-,44-,45-,46-,47-/m0/s1. The number of aliphatic imine (C=N–C) groups is 2. The number of hydrogen-bond acceptors (Lipinski definition) is 16. The Morgan fingerprint density at radius 3 is 1.27 bits per heavy atom. The van der Waals surface area contributed by atoms with Crippen LogP contribution in [0, 0.1) is 23.7 Å². The number of nitrogens with zero attached hydrogens (tertiary/aromatic N) is 6. The van der Waals surface area contributed by atoms with E-state index < -0.39 is 150 Å². The van der Waals surface area contributed by atoms with E-state index in [0.29, 0.717) is 38.5 Å². The van der Waals surface area contributed by atoms with E-state index in [2.05, 4.69) is 47.2 Å². The lowest BCUT2D eigenvalue weighted by atomic mass is 10.0. The van der Waals surface area contributed by atoms with Gasteiger partial charge in [0.2, 0.25) is 65.0 Å². The van der Waals surface area contributed by atoms with Crippen molar-refractivity contribution in [1.82, 2.24) is 56.8 Å². The van der Waals surface area contributed by atoms with Gasteiger partial charge in [0.25, 0.3) is 0 Å². The molecule has 524 valence electrons. The van der Waals surface area contributed by atoms with E-state index >= 15 is 0 Å². The smallest absolute Gasteiger partial charge is 0.326 e. The van der Waals surface area contributed by atoms with Gasteiger partial charge in [-0.1, -0.05) is 55.4 Å². The third-order valence-electron chi connectivity index (χ3n) is 17.0. The van der Waals surface area contributed by atoms with E-state index in [1.807, 2.05) is 27.7 Å². The molecule has 0 aromatic heterocycles. The summed E-state index contributed by atoms with van der Waals surface area (Å²) in [4.78, 5) is 181. The maximum absolute atomic E-state index is 14.9. The van der Waals surface area contributed by atoms with Gasteiger partial charge >= 0.3 is 5.97 Å². The number of carboxylic acids is 1. The number of aliphatic carboxylic acids is 1. The summed E-state index contributed by atoms with van der Waals surface area (Å²) in [5.41, 5.74) is 28.3. The van der Waals surface area contributed by atoms with E-state index in [-0.39, 0.29) is 133 Å². The number of likely N-dealkylation sites (tertiary alicyclic amines) is 4. The van der Waals surface area contributed by atoms with Gasteiger partial charge in [0.05, 0.1) is 12.6 Å². The van der Waals surface area contributed by atoms with Gasteiger partial charge in [-0.2, -0.15) is 0 Å². The molecular formula is C61H106N18O14. The third-order valence-corrected chi connectivity index (χ3v) is 17.0. The Kier molecular flexibility index (Phi) is 30.9. The largest absolute Gasteiger partial charge is 0.480 e. The van der Waals surface area contributed by atoms with Gasteiger partial charge in [-0.3, -0.25) is 62.7 Å². The predicted octanol–water partition coefficient (Wildman–Crippen LogP) is -3.33. The fourth-order valence-electron chi connectivity index (χ4n) is 12.1. The molecule has 32 heteroatoms. The number of hydrogen-bond donors (Lipinski definition) is 14. The van der Waals surface area contributed by atoms with Crippen molar-refractivity contribution in [3.05, 3.63) is 0 Å². The fourth-order valence-corrected chi connectivity index (χ4v) is 12.1. The zero-order valence-corrected chi connectivity index (χ0v) is 55.7. The number of amides is 11. The molecule has 19 N–H and O–H groups in total. The van der Waals surface area contributed by atoms with Gasteiger partial charge in [0, 0.05) is 39.3 Å². The Labute approximate surface area is 545 Å². The maximum Gasteiger partial charge on any atom is 0.326 e. The number of guanidine groups is 2. The molecule has 4 aliphatic rings. The van der Waals surface area contributed by atoms with Crippen molar-refractivity contribution in [1.29, 1.82) is 0 Å². The number of carboxylic acid groups (broad SMARTS) is 1. The van der Waals surface area contributed by atoms with Crippen molar-refractivity contribution in [2.45, 2.75) is 231 Å². The summed E-state index contributed by atoms with van der Waals surface area (Å²) in [6.45, 7) is 15.8. The Hall–Kier alpha value is -7.90. The number of nitrogens with one attached hydrogen (secondary N) is 7. The number of carbonyl (C=O) groups excluding carboxylic acids is 11. The molecule has 0 aromatic carbocycles. The van der Waals surface area contributed by atoms with Crippen LogP contribution in [0.25, 0.3) is 0 Å². The first-order chi connectivity index (χ1) is 43.8. The first-order valence-electron chi connectivity index (χ1n) is 32.8. The van der Waals surface area contributed by atoms with Gasteiger partial charge in [-0.25, -0.2) is 4.79 Å². The van der Waals surface area contributed by atoms with E-state index in [1.54, 1.807) is 27.7 Å². The second-order valence-corrected chi connectivity index (χ2v) is 26.4. The van der Waals surface area contributed by atoms with Crippen LogP contribution >= 0.6 is 0 Å². The fraction of sp³-hybridized carbons (Fsp3) is 0.770. The van der Waals surface area contributed by atoms with Gasteiger partial charge in [-0.05, 0) is 127 Å². The maximum atomic E-state index is 14.9. The highest BCUT2D eigenvalue weighted by atomic mass is 16.4. The van der Waals surface area contributed by atoms with Gasteiger partial charge in [-0.15, -0.1) is 0 Å². The molecule has 4 rings (SSSR count). The number of aliphatic hydroxyl groups excluding tert-OH is 1. The SMILES string of the molecule is CC(C)C[C@H](NC(=O)[C@H](CO)NC(=O)[C@@H](N)C(C)C)C(=O)N[C@@H](C)C(=O)N[C@@H](CCCN=C(N)N)C(=O)N[C@@H](CCCN=C(N)N)C(=O)N1CCC[C@H]1C(=O)N[C@@H](CC(C)C)C(=O)N1CCC[C@H]1C(=O)N1CCC[C@H]1C(=O)N[C@@H](CC(C)C)C(=O)N1CCC[C@H]1C(=O)O. The van der Waals surface area contributed by atoms with Crippen molar-refractivity contribution in [3.63, 3.8) is 0 Å². The van der Waals surface area contributed by atoms with E-state index in [4.69, 9.17) is 28.7 Å². The highest BCUT2D eigenvalue weighted by Crippen LogP contribution is 2.29. The molecular weight excluding hydrogens is 1210 g/mol. The zero-order valence-electron chi connectivity index (χ0n) is 55.7. The molecule has 0 saturated carbocycles. The minimum Gasteiger partial charge on any atom is -0.480 e. The van der Waals surface area contributed by atoms with Crippen LogP contribution in [0.2, 0.25) is 0 Å². The minimum absolute atomic E-state index is 0.0318. The summed E-state index contributed by atoms with van der Waals surface area (Å²) in [5, 5.41) is 38.5. The molecule has 0 aliphatic carbocycles. The second-order valence-electron chi connectivity index (χ2n) is 26.4. The Morgan fingerprint density at radius 1 is 0.441 bits per heavy atom. The van der Waals surface area contributed by atoms with Crippen LogP contribution in [-0.2, 0) is 57.5 Å². The Bertz CT molecular complexity index is 2690. The van der Waals surface area contributed by atoms with Crippen molar-refractivity contribution >= 4 is 82.9 Å². The highest BCUT2D eigenvalue weighted by molar-refractivity contribution is 6.00. The lowest BCUT2D eigenvalue weighted by Gasteiger charge is -2.35. The molecule has 4 saturated heterocycles. The predicted molar refractivity (Wildman–Crippen MR) is 344 cm³/mol. The Morgan fingerprint density at radius 2 is 0.806 bits per heavy atom. The van der Waals surface area contributed by atoms with Crippen LogP contribution in [0.3, 0.4) is 0 Å². The third kappa shape index (κ3) is 23.3. The van der Waals surface area contributed by atoms with Crippen molar-refractivity contribution in [2.75, 3.05) is 45.9 Å². The molecule has 0 radical (unpaired) electrons. The van der Waals surface area contributed by atoms with Crippen LogP contribution < -0.4 is 65.9 Å². The normalized spacial score (nSPS) is 20.6. The molecule has 0 unspecified atom stereocenters. The van der Waals surface area contributed by atoms with Crippen molar-refractivity contribution in [3.8, 4) is 0 Å². The minimum atomic E-state index is -1.46. The lowest BCUT2D eigenvalue weighted by molar-refractivity contribution is -0.150. The van der Waals surface area contributed by atoms with Gasteiger partial charge < -0.3 is 95.7 Å². The summed E-state index contributed by atoms with van der Waals surface area (Å²) in [5.74, 6) is -9.61. The molecule has 12 atom stereocenters. The van der Waals surface area contributed by atoms with Gasteiger partial charge in [0.1, 0.15) is 66.5 Å². The molecule has 0 spiro atoms. The summed E-state index contributed by atoms with van der Waals surface area (Å²) in [7, 11) is 0. The van der Waals surface area contributed by atoms with Crippen molar-refractivity contribution < 1.29 is 67.7 Å². The molecule has 11 amide bonds. The molecule has 93 heavy (non-hydrogen) atoms. The van der Waals surface area contributed by atoms with E-state index in [1.165, 1.54) is 26.5 Å². The monoisotopic (exact) mass is 1310 g/mol. The summed E-state index contributed by atoms with van der Waals surface area (Å²) in [6, 6.07) is -14.0. The first-order valence-corrected chi connectivity index (χ1v) is 32.8. The van der Waals surface area contributed by atoms with Crippen LogP contribution in [0.15, 0.2) is 9.98 Å². The highest BCUT2D eigenvalue weighted by Gasteiger charge is 2.47. The first kappa shape index (κ1) is 77.5. The summed E-state index contributed by atoms with van der Waals surface area (Å²) < 4.78 is 0. The summed E-state index contributed by atoms with van der Waals surface area (Å²) in [6.07, 6.45) is 3.48. The molecule has 4 aliphatic heterocycles. The lowest BCUT2D eigenvalue weighted by Crippen LogP contribution is -2.60. The van der Waals surface area contributed by atoms with Crippen LogP contribution in [0.1, 0.15) is 159 Å². The van der Waals surface area contributed by atoms with E-state index in [0.717, 1.165) is 0 Å². The average molecular weight is 1320 g/mol. The van der Waals surface area contributed by atoms with Crippen LogP contribution in [0.4, 0.5) is 0 Å².